The fraction of sp³-hybridized carbons (Fsp3) is 0.179. The molecule has 0 fully saturated rings. The summed E-state index contributed by atoms with van der Waals surface area (Å²) >= 11 is 0. The van der Waals surface area contributed by atoms with Crippen LogP contribution in [0.15, 0.2) is 83.4 Å². The van der Waals surface area contributed by atoms with Crippen molar-refractivity contribution in [2.24, 2.45) is 0 Å². The molecule has 0 amide bonds. The number of aromatic nitrogens is 1. The lowest BCUT2D eigenvalue weighted by molar-refractivity contribution is -0.147. The Morgan fingerprint density at radius 2 is 1.62 bits per heavy atom. The van der Waals surface area contributed by atoms with Crippen molar-refractivity contribution >= 4 is 11.9 Å². The molecule has 0 saturated heterocycles. The van der Waals surface area contributed by atoms with Gasteiger partial charge in [0, 0.05) is 11.1 Å². The molecule has 0 aliphatic rings. The maximum atomic E-state index is 12.6. The summed E-state index contributed by atoms with van der Waals surface area (Å²) in [5.41, 5.74) is 5.69. The van der Waals surface area contributed by atoms with E-state index in [-0.39, 0.29) is 24.9 Å². The monoisotopic (exact) mass is 455 g/mol. The van der Waals surface area contributed by atoms with Gasteiger partial charge in [0.1, 0.15) is 6.10 Å². The van der Waals surface area contributed by atoms with Crippen LogP contribution in [0.3, 0.4) is 0 Å². The molecule has 3 aromatic carbocycles. The van der Waals surface area contributed by atoms with E-state index in [2.05, 4.69) is 5.16 Å². The van der Waals surface area contributed by atoms with Gasteiger partial charge in [0.25, 0.3) is 0 Å². The summed E-state index contributed by atoms with van der Waals surface area (Å²) in [7, 11) is 0. The van der Waals surface area contributed by atoms with Crippen molar-refractivity contribution in [2.75, 3.05) is 0 Å². The molecule has 1 atom stereocenters. The fourth-order valence-electron chi connectivity index (χ4n) is 3.85. The van der Waals surface area contributed by atoms with Crippen LogP contribution in [0, 0.1) is 6.92 Å². The molecule has 0 radical (unpaired) electrons. The summed E-state index contributed by atoms with van der Waals surface area (Å²) in [6.45, 7) is 3.65. The minimum Gasteiger partial charge on any atom is -0.481 e. The fourth-order valence-corrected chi connectivity index (χ4v) is 3.85. The molecular weight excluding hydrogens is 430 g/mol. The molecule has 0 spiro atoms. The highest BCUT2D eigenvalue weighted by Crippen LogP contribution is 2.30. The van der Waals surface area contributed by atoms with Crippen LogP contribution >= 0.6 is 0 Å². The highest BCUT2D eigenvalue weighted by molar-refractivity contribution is 5.78. The summed E-state index contributed by atoms with van der Waals surface area (Å²) in [5, 5.41) is 13.1. The topological polar surface area (TPSA) is 89.6 Å². The molecule has 4 rings (SSSR count). The molecule has 1 N–H and O–H groups in total. The third kappa shape index (κ3) is 5.41. The minimum atomic E-state index is -0.864. The Morgan fingerprint density at radius 3 is 2.32 bits per heavy atom. The highest BCUT2D eigenvalue weighted by Gasteiger charge is 2.20. The number of carbonyl (C=O) groups is 2. The molecule has 0 unspecified atom stereocenters. The van der Waals surface area contributed by atoms with Gasteiger partial charge in [0.2, 0.25) is 0 Å². The third-order valence-corrected chi connectivity index (χ3v) is 5.65. The van der Waals surface area contributed by atoms with Gasteiger partial charge >= 0.3 is 11.9 Å². The second-order valence-electron chi connectivity index (χ2n) is 8.14. The zero-order chi connectivity index (χ0) is 24.1. The summed E-state index contributed by atoms with van der Waals surface area (Å²) in [6.07, 6.45) is -0.319. The van der Waals surface area contributed by atoms with Crippen LogP contribution in [0.4, 0.5) is 0 Å². The molecule has 6 heteroatoms. The van der Waals surface area contributed by atoms with Gasteiger partial charge < -0.3 is 14.4 Å². The molecule has 0 bridgehead atoms. The Morgan fingerprint density at radius 1 is 0.912 bits per heavy atom. The van der Waals surface area contributed by atoms with Crippen molar-refractivity contribution in [2.45, 2.75) is 32.8 Å². The van der Waals surface area contributed by atoms with Crippen molar-refractivity contribution in [1.29, 1.82) is 0 Å². The van der Waals surface area contributed by atoms with Gasteiger partial charge in [-0.3, -0.25) is 9.59 Å². The lowest BCUT2D eigenvalue weighted by atomic mass is 9.98. The van der Waals surface area contributed by atoms with Crippen molar-refractivity contribution in [1.82, 2.24) is 5.16 Å². The number of hydrogen-bond acceptors (Lipinski definition) is 5. The average molecular weight is 456 g/mol. The summed E-state index contributed by atoms with van der Waals surface area (Å²) < 4.78 is 11.2. The Labute approximate surface area is 197 Å². The van der Waals surface area contributed by atoms with Crippen LogP contribution < -0.4 is 0 Å². The van der Waals surface area contributed by atoms with Gasteiger partial charge in [-0.2, -0.15) is 0 Å². The molecule has 1 aromatic heterocycles. The van der Waals surface area contributed by atoms with Crippen LogP contribution in [-0.2, 0) is 27.2 Å². The number of carboxylic acids is 1. The lowest BCUT2D eigenvalue weighted by Crippen LogP contribution is -2.12. The average Bonchev–Trinajstić information content (AvgIpc) is 3.19. The first-order chi connectivity index (χ1) is 16.4. The number of carbonyl (C=O) groups excluding carboxylic acids is 1. The minimum absolute atomic E-state index is 0.0222. The van der Waals surface area contributed by atoms with E-state index in [4.69, 9.17) is 14.4 Å². The summed E-state index contributed by atoms with van der Waals surface area (Å²) in [6, 6.07) is 24.7. The number of ether oxygens (including phenoxy) is 1. The maximum Gasteiger partial charge on any atom is 0.311 e. The Bertz CT molecular complexity index is 1290. The van der Waals surface area contributed by atoms with Crippen molar-refractivity contribution in [3.05, 3.63) is 101 Å². The van der Waals surface area contributed by atoms with Gasteiger partial charge in [-0.15, -0.1) is 0 Å². The van der Waals surface area contributed by atoms with Gasteiger partial charge in [0.05, 0.1) is 18.5 Å². The molecule has 34 heavy (non-hydrogen) atoms. The van der Waals surface area contributed by atoms with Crippen molar-refractivity contribution < 1.29 is 24.0 Å². The Kier molecular flexibility index (Phi) is 6.87. The van der Waals surface area contributed by atoms with Crippen LogP contribution in [-0.4, -0.2) is 22.2 Å². The van der Waals surface area contributed by atoms with Crippen LogP contribution in [0.1, 0.15) is 35.4 Å². The van der Waals surface area contributed by atoms with Crippen LogP contribution in [0.2, 0.25) is 0 Å². The molecule has 1 heterocycles. The maximum absolute atomic E-state index is 12.6. The number of carboxylic acid groups (broad SMARTS) is 1. The summed E-state index contributed by atoms with van der Waals surface area (Å²) in [5.74, 6) is -0.679. The van der Waals surface area contributed by atoms with E-state index in [0.29, 0.717) is 17.0 Å². The zero-order valence-electron chi connectivity index (χ0n) is 19.0. The second kappa shape index (κ2) is 10.2. The first-order valence-electron chi connectivity index (χ1n) is 11.0. The van der Waals surface area contributed by atoms with E-state index in [9.17, 15) is 9.59 Å². The predicted molar refractivity (Wildman–Crippen MR) is 128 cm³/mol. The van der Waals surface area contributed by atoms with Gasteiger partial charge in [-0.25, -0.2) is 0 Å². The first kappa shape index (κ1) is 23.0. The molecular formula is C28H25NO5. The number of aliphatic carboxylic acids is 1. The third-order valence-electron chi connectivity index (χ3n) is 5.65. The molecule has 0 aliphatic heterocycles. The Balaban J connectivity index is 1.50. The van der Waals surface area contributed by atoms with E-state index < -0.39 is 5.97 Å². The quantitative estimate of drug-likeness (QED) is 0.338. The molecule has 0 saturated carbocycles. The molecule has 4 aromatic rings. The number of benzene rings is 3. The van der Waals surface area contributed by atoms with Gasteiger partial charge in [0.15, 0.2) is 5.76 Å². The van der Waals surface area contributed by atoms with Crippen LogP contribution in [0.25, 0.3) is 22.5 Å². The van der Waals surface area contributed by atoms with Crippen molar-refractivity contribution in [3.63, 3.8) is 0 Å². The SMILES string of the molecule is Cc1noc(-c2ccc(-c3cccc(CC(=O)O)c3)cc2)c1CC(=O)O[C@H](C)c1ccccc1. The van der Waals surface area contributed by atoms with E-state index >= 15 is 0 Å². The number of hydrogen-bond donors (Lipinski definition) is 1. The smallest absolute Gasteiger partial charge is 0.311 e. The normalized spacial score (nSPS) is 11.7. The van der Waals surface area contributed by atoms with Gasteiger partial charge in [-0.05, 0) is 36.1 Å². The number of rotatable bonds is 8. The number of nitrogens with zero attached hydrogens (tertiary/aromatic N) is 1. The van der Waals surface area contributed by atoms with E-state index in [0.717, 1.165) is 27.8 Å². The lowest BCUT2D eigenvalue weighted by Gasteiger charge is -2.13. The zero-order valence-corrected chi connectivity index (χ0v) is 19.0. The molecule has 6 nitrogen and oxygen atoms in total. The van der Waals surface area contributed by atoms with Crippen molar-refractivity contribution in [3.8, 4) is 22.5 Å². The van der Waals surface area contributed by atoms with Gasteiger partial charge in [-0.1, -0.05) is 84.0 Å². The van der Waals surface area contributed by atoms with E-state index in [1.807, 2.05) is 79.7 Å². The van der Waals surface area contributed by atoms with E-state index in [1.165, 1.54) is 0 Å². The number of aryl methyl sites for hydroxylation is 1. The largest absolute Gasteiger partial charge is 0.481 e. The predicted octanol–water partition coefficient (Wildman–Crippen LogP) is 5.79. The van der Waals surface area contributed by atoms with Crippen LogP contribution in [0.5, 0.6) is 0 Å². The first-order valence-corrected chi connectivity index (χ1v) is 11.0. The number of esters is 1. The van der Waals surface area contributed by atoms with E-state index in [1.54, 1.807) is 13.0 Å². The standard InChI is InChI=1S/C28H25NO5/c1-18-25(17-27(32)33-19(2)21-8-4-3-5-9-21)28(34-29-18)23-13-11-22(12-14-23)24-10-6-7-20(15-24)16-26(30)31/h3-15,19H,16-17H2,1-2H3,(H,30,31)/t19-/m1/s1. The highest BCUT2D eigenvalue weighted by atomic mass is 16.5. The molecule has 172 valence electrons. The summed E-state index contributed by atoms with van der Waals surface area (Å²) in [4.78, 5) is 23.7. The second-order valence-corrected chi connectivity index (χ2v) is 8.14. The molecule has 0 aliphatic carbocycles. The Hall–Kier alpha value is -4.19.